The monoisotopic (exact) mass is 342 g/mol. The molecule has 2 rings (SSSR count). The van der Waals surface area contributed by atoms with Gasteiger partial charge in [0, 0.05) is 5.56 Å². The van der Waals surface area contributed by atoms with E-state index < -0.39 is 0 Å². The molecule has 0 bridgehead atoms. The number of aryl methyl sites for hydroxylation is 1. The molecule has 0 aliphatic rings. The van der Waals surface area contributed by atoms with Gasteiger partial charge in [0.2, 0.25) is 4.77 Å². The molecule has 0 atom stereocenters. The lowest BCUT2D eigenvalue weighted by Gasteiger charge is -2.05. The molecule has 2 N–H and O–H groups in total. The summed E-state index contributed by atoms with van der Waals surface area (Å²) in [5, 5.41) is 20.7. The highest BCUT2D eigenvalue weighted by molar-refractivity contribution is 9.10. The highest BCUT2D eigenvalue weighted by atomic mass is 79.9. The maximum atomic E-state index is 9.93. The molecule has 0 fully saturated rings. The fraction of sp³-hybridized carbons (Fsp3) is 0.182. The third-order valence-electron chi connectivity index (χ3n) is 2.43. The van der Waals surface area contributed by atoms with Crippen LogP contribution in [0, 0.1) is 11.7 Å². The molecular weight excluding hydrogens is 332 g/mol. The minimum Gasteiger partial charge on any atom is -0.506 e. The number of nitrogens with zero attached hydrogens (tertiary/aromatic N) is 3. The number of phenols is 1. The molecule has 0 saturated heterocycles. The number of hydrogen-bond acceptors (Lipinski definition) is 5. The van der Waals surface area contributed by atoms with E-state index in [1.807, 2.05) is 0 Å². The summed E-state index contributed by atoms with van der Waals surface area (Å²) in [5.74, 6) is 1.32. The number of aromatic hydroxyl groups is 1. The van der Waals surface area contributed by atoms with Crippen molar-refractivity contribution in [3.8, 4) is 11.5 Å². The van der Waals surface area contributed by atoms with Gasteiger partial charge in [-0.1, -0.05) is 0 Å². The Morgan fingerprint density at radius 1 is 1.58 bits per heavy atom. The molecule has 6 nitrogen and oxygen atoms in total. The zero-order valence-electron chi connectivity index (χ0n) is 10.2. The molecule has 19 heavy (non-hydrogen) atoms. The average molecular weight is 343 g/mol. The first-order valence-electron chi connectivity index (χ1n) is 5.28. The summed E-state index contributed by atoms with van der Waals surface area (Å²) in [6.45, 7) is 1.77. The van der Waals surface area contributed by atoms with Gasteiger partial charge in [0.05, 0.1) is 17.8 Å². The zero-order chi connectivity index (χ0) is 14.0. The molecular formula is C11H11BrN4O2S. The number of aromatic nitrogens is 3. The van der Waals surface area contributed by atoms with Crippen LogP contribution < -0.4 is 4.74 Å². The maximum Gasteiger partial charge on any atom is 0.216 e. The Bertz CT molecular complexity index is 692. The van der Waals surface area contributed by atoms with Crippen molar-refractivity contribution in [3.05, 3.63) is 32.8 Å². The maximum absolute atomic E-state index is 9.93. The Morgan fingerprint density at radius 3 is 2.89 bits per heavy atom. The Morgan fingerprint density at radius 2 is 2.32 bits per heavy atom. The van der Waals surface area contributed by atoms with Crippen LogP contribution in [0.4, 0.5) is 0 Å². The number of nitrogens with one attached hydrogen (secondary N) is 1. The van der Waals surface area contributed by atoms with Gasteiger partial charge < -0.3 is 9.84 Å². The van der Waals surface area contributed by atoms with Crippen molar-refractivity contribution in [1.82, 2.24) is 14.9 Å². The van der Waals surface area contributed by atoms with Crippen molar-refractivity contribution in [1.29, 1.82) is 0 Å². The van der Waals surface area contributed by atoms with Gasteiger partial charge in [-0.15, -0.1) is 0 Å². The van der Waals surface area contributed by atoms with E-state index in [9.17, 15) is 5.11 Å². The van der Waals surface area contributed by atoms with E-state index in [1.165, 1.54) is 10.9 Å². The summed E-state index contributed by atoms with van der Waals surface area (Å²) < 4.78 is 7.50. The lowest BCUT2D eigenvalue weighted by molar-refractivity contribution is 0.411. The quantitative estimate of drug-likeness (QED) is 0.664. The van der Waals surface area contributed by atoms with E-state index in [-0.39, 0.29) is 5.75 Å². The molecule has 0 radical (unpaired) electrons. The van der Waals surface area contributed by atoms with Crippen LogP contribution in [-0.4, -0.2) is 33.3 Å². The van der Waals surface area contributed by atoms with Gasteiger partial charge in [0.1, 0.15) is 17.3 Å². The summed E-state index contributed by atoms with van der Waals surface area (Å²) in [5.41, 5.74) is 0.508. The number of halogens is 1. The van der Waals surface area contributed by atoms with Crippen molar-refractivity contribution in [2.45, 2.75) is 6.92 Å². The minimum absolute atomic E-state index is 0.0808. The van der Waals surface area contributed by atoms with Crippen LogP contribution in [0.5, 0.6) is 11.5 Å². The van der Waals surface area contributed by atoms with Gasteiger partial charge in [-0.05, 0) is 47.2 Å². The van der Waals surface area contributed by atoms with Gasteiger partial charge in [-0.25, -0.2) is 0 Å². The molecule has 0 saturated carbocycles. The van der Waals surface area contributed by atoms with Gasteiger partial charge in [-0.3, -0.25) is 5.10 Å². The summed E-state index contributed by atoms with van der Waals surface area (Å²) in [7, 11) is 1.55. The molecule has 8 heteroatoms. The molecule has 0 aliphatic heterocycles. The predicted octanol–water partition coefficient (Wildman–Crippen LogP) is 2.61. The van der Waals surface area contributed by atoms with Crippen LogP contribution in [0.15, 0.2) is 21.7 Å². The number of phenolic OH excluding ortho intramolecular Hbond substituents is 1. The van der Waals surface area contributed by atoms with E-state index in [1.54, 1.807) is 26.2 Å². The standard InChI is InChI=1S/C11H11BrN4O2S/c1-6-14-15-11(19)16(6)13-5-7-3-8(18-2)4-9(12)10(7)17/h3-5,17H,1-2H3,(H,15,19). The molecule has 2 aromatic rings. The van der Waals surface area contributed by atoms with Crippen LogP contribution in [0.2, 0.25) is 0 Å². The Hall–Kier alpha value is -1.67. The second-order valence-electron chi connectivity index (χ2n) is 3.68. The summed E-state index contributed by atoms with van der Waals surface area (Å²) >= 11 is 8.28. The normalized spacial score (nSPS) is 11.1. The van der Waals surface area contributed by atoms with Gasteiger partial charge in [0.25, 0.3) is 0 Å². The Labute approximate surface area is 122 Å². The number of aromatic amines is 1. The van der Waals surface area contributed by atoms with Crippen molar-refractivity contribution in [3.63, 3.8) is 0 Å². The first-order chi connectivity index (χ1) is 9.02. The third kappa shape index (κ3) is 2.85. The van der Waals surface area contributed by atoms with Crippen molar-refractivity contribution in [2.75, 3.05) is 7.11 Å². The highest BCUT2D eigenvalue weighted by Gasteiger charge is 2.07. The van der Waals surface area contributed by atoms with Gasteiger partial charge in [0.15, 0.2) is 0 Å². The number of hydrogen-bond donors (Lipinski definition) is 2. The first kappa shape index (κ1) is 13.8. The third-order valence-corrected chi connectivity index (χ3v) is 3.30. The number of methoxy groups -OCH3 is 1. The minimum atomic E-state index is 0.0808. The van der Waals surface area contributed by atoms with Crippen LogP contribution in [0.25, 0.3) is 0 Å². The molecule has 0 unspecified atom stereocenters. The Kier molecular flexibility index (Phi) is 4.01. The van der Waals surface area contributed by atoms with E-state index in [2.05, 4.69) is 31.2 Å². The first-order valence-corrected chi connectivity index (χ1v) is 6.48. The smallest absolute Gasteiger partial charge is 0.216 e. The molecule has 0 spiro atoms. The molecule has 0 amide bonds. The summed E-state index contributed by atoms with van der Waals surface area (Å²) in [4.78, 5) is 0. The van der Waals surface area contributed by atoms with E-state index in [0.717, 1.165) is 0 Å². The summed E-state index contributed by atoms with van der Waals surface area (Å²) in [6, 6.07) is 3.34. The van der Waals surface area contributed by atoms with Crippen LogP contribution in [-0.2, 0) is 0 Å². The lowest BCUT2D eigenvalue weighted by atomic mass is 10.2. The van der Waals surface area contributed by atoms with Crippen molar-refractivity contribution < 1.29 is 9.84 Å². The predicted molar refractivity (Wildman–Crippen MR) is 77.5 cm³/mol. The summed E-state index contributed by atoms with van der Waals surface area (Å²) in [6.07, 6.45) is 1.49. The molecule has 1 aromatic carbocycles. The zero-order valence-corrected chi connectivity index (χ0v) is 12.6. The SMILES string of the molecule is COc1cc(Br)c(O)c(C=Nn2c(C)n[nH]c2=S)c1. The number of H-pyrrole nitrogens is 1. The number of rotatable bonds is 3. The second kappa shape index (κ2) is 5.54. The molecule has 100 valence electrons. The number of ether oxygens (including phenoxy) is 1. The topological polar surface area (TPSA) is 75.4 Å². The van der Waals surface area contributed by atoms with E-state index >= 15 is 0 Å². The number of benzene rings is 1. The van der Waals surface area contributed by atoms with Crippen LogP contribution >= 0.6 is 28.1 Å². The van der Waals surface area contributed by atoms with Crippen molar-refractivity contribution in [2.24, 2.45) is 5.10 Å². The fourth-order valence-corrected chi connectivity index (χ4v) is 2.12. The molecule has 1 aromatic heterocycles. The van der Waals surface area contributed by atoms with Crippen LogP contribution in [0.1, 0.15) is 11.4 Å². The molecule has 1 heterocycles. The van der Waals surface area contributed by atoms with E-state index in [4.69, 9.17) is 17.0 Å². The van der Waals surface area contributed by atoms with E-state index in [0.29, 0.717) is 26.4 Å². The Balaban J connectivity index is 2.44. The largest absolute Gasteiger partial charge is 0.506 e. The van der Waals surface area contributed by atoms with Crippen LogP contribution in [0.3, 0.4) is 0 Å². The highest BCUT2D eigenvalue weighted by Crippen LogP contribution is 2.31. The molecule has 0 aliphatic carbocycles. The lowest BCUT2D eigenvalue weighted by Crippen LogP contribution is -1.95. The van der Waals surface area contributed by atoms with Gasteiger partial charge >= 0.3 is 0 Å². The van der Waals surface area contributed by atoms with Gasteiger partial charge in [-0.2, -0.15) is 14.9 Å². The second-order valence-corrected chi connectivity index (χ2v) is 4.92. The average Bonchev–Trinajstić information content (AvgIpc) is 2.71. The fourth-order valence-electron chi connectivity index (χ4n) is 1.44. The van der Waals surface area contributed by atoms with Crippen molar-refractivity contribution >= 4 is 34.4 Å².